The fraction of sp³-hybridized carbons (Fsp3) is 0.400. The van der Waals surface area contributed by atoms with E-state index in [9.17, 15) is 4.79 Å². The number of fused-ring (bicyclic) bond motifs is 1. The highest BCUT2D eigenvalue weighted by Gasteiger charge is 2.33. The standard InChI is InChI=1S/C20H22ClN3O/c1-14-13-22-9-5-18(14)23-10-6-15(7-11-23)20(25)24-12-8-16-17(21)3-2-4-19(16)24/h2-5,9,13,15H,6-8,10-12H2,1H3. The van der Waals surface area contributed by atoms with Crippen molar-refractivity contribution in [3.8, 4) is 0 Å². The van der Waals surface area contributed by atoms with E-state index in [1.807, 2.05) is 35.5 Å². The minimum atomic E-state index is 0.100. The number of hydrogen-bond acceptors (Lipinski definition) is 3. The highest BCUT2D eigenvalue weighted by atomic mass is 35.5. The number of piperidine rings is 1. The van der Waals surface area contributed by atoms with Gasteiger partial charge in [0, 0.05) is 54.3 Å². The summed E-state index contributed by atoms with van der Waals surface area (Å²) in [5.41, 5.74) is 4.54. The van der Waals surface area contributed by atoms with Gasteiger partial charge in [0.05, 0.1) is 0 Å². The molecule has 1 saturated heterocycles. The SMILES string of the molecule is Cc1cnccc1N1CCC(C(=O)N2CCc3c(Cl)cccc32)CC1. The lowest BCUT2D eigenvalue weighted by atomic mass is 9.94. The van der Waals surface area contributed by atoms with Crippen molar-refractivity contribution in [3.05, 3.63) is 52.8 Å². The number of aromatic nitrogens is 1. The second-order valence-corrected chi connectivity index (χ2v) is 7.31. The summed E-state index contributed by atoms with van der Waals surface area (Å²) in [6, 6.07) is 7.92. The highest BCUT2D eigenvalue weighted by molar-refractivity contribution is 6.32. The fourth-order valence-corrected chi connectivity index (χ4v) is 4.29. The summed E-state index contributed by atoms with van der Waals surface area (Å²) in [4.78, 5) is 21.5. The Bertz CT molecular complexity index is 799. The first-order valence-electron chi connectivity index (χ1n) is 8.89. The number of rotatable bonds is 2. The number of carbonyl (C=O) groups is 1. The number of aryl methyl sites for hydroxylation is 1. The van der Waals surface area contributed by atoms with Crippen LogP contribution in [0.4, 0.5) is 11.4 Å². The van der Waals surface area contributed by atoms with Crippen LogP contribution >= 0.6 is 11.6 Å². The molecule has 3 heterocycles. The van der Waals surface area contributed by atoms with Gasteiger partial charge in [0.2, 0.25) is 5.91 Å². The average molecular weight is 356 g/mol. The predicted octanol–water partition coefficient (Wildman–Crippen LogP) is 3.85. The number of halogens is 1. The largest absolute Gasteiger partial charge is 0.371 e. The Kier molecular flexibility index (Phi) is 4.38. The molecule has 1 amide bonds. The van der Waals surface area contributed by atoms with Gasteiger partial charge in [-0.25, -0.2) is 0 Å². The number of anilines is 2. The van der Waals surface area contributed by atoms with Crippen molar-refractivity contribution in [2.45, 2.75) is 26.2 Å². The molecule has 1 aromatic carbocycles. The van der Waals surface area contributed by atoms with Crippen LogP contribution in [0.15, 0.2) is 36.7 Å². The maximum absolute atomic E-state index is 13.0. The van der Waals surface area contributed by atoms with E-state index < -0.39 is 0 Å². The Morgan fingerprint density at radius 3 is 2.72 bits per heavy atom. The van der Waals surface area contributed by atoms with E-state index in [0.29, 0.717) is 0 Å². The van der Waals surface area contributed by atoms with E-state index in [0.717, 1.165) is 55.2 Å². The number of pyridine rings is 1. The van der Waals surface area contributed by atoms with Crippen molar-refractivity contribution in [2.75, 3.05) is 29.4 Å². The van der Waals surface area contributed by atoms with Crippen LogP contribution in [-0.2, 0) is 11.2 Å². The third-order valence-electron chi connectivity index (χ3n) is 5.41. The molecule has 0 aliphatic carbocycles. The lowest BCUT2D eigenvalue weighted by Crippen LogP contribution is -2.42. The van der Waals surface area contributed by atoms with Crippen LogP contribution in [0.5, 0.6) is 0 Å². The zero-order chi connectivity index (χ0) is 17.4. The van der Waals surface area contributed by atoms with E-state index >= 15 is 0 Å². The van der Waals surface area contributed by atoms with Gasteiger partial charge in [-0.1, -0.05) is 17.7 Å². The summed E-state index contributed by atoms with van der Waals surface area (Å²) < 4.78 is 0. The third kappa shape index (κ3) is 2.99. The van der Waals surface area contributed by atoms with Gasteiger partial charge in [-0.2, -0.15) is 0 Å². The zero-order valence-corrected chi connectivity index (χ0v) is 15.2. The Morgan fingerprint density at radius 2 is 1.96 bits per heavy atom. The van der Waals surface area contributed by atoms with Gasteiger partial charge >= 0.3 is 0 Å². The van der Waals surface area contributed by atoms with Gasteiger partial charge in [-0.3, -0.25) is 9.78 Å². The predicted molar refractivity (Wildman–Crippen MR) is 101 cm³/mol. The molecule has 2 aliphatic heterocycles. The molecule has 25 heavy (non-hydrogen) atoms. The molecular formula is C20H22ClN3O. The van der Waals surface area contributed by atoms with Crippen LogP contribution in [0.25, 0.3) is 0 Å². The molecule has 2 aliphatic rings. The normalized spacial score (nSPS) is 17.7. The van der Waals surface area contributed by atoms with E-state index in [4.69, 9.17) is 11.6 Å². The molecule has 4 rings (SSSR count). The zero-order valence-electron chi connectivity index (χ0n) is 14.4. The van der Waals surface area contributed by atoms with Crippen LogP contribution in [-0.4, -0.2) is 30.5 Å². The maximum Gasteiger partial charge on any atom is 0.230 e. The lowest BCUT2D eigenvalue weighted by molar-refractivity contribution is -0.122. The van der Waals surface area contributed by atoms with Crippen molar-refractivity contribution >= 4 is 28.9 Å². The molecule has 0 N–H and O–H groups in total. The topological polar surface area (TPSA) is 36.4 Å². The number of benzene rings is 1. The van der Waals surface area contributed by atoms with E-state index in [-0.39, 0.29) is 11.8 Å². The minimum Gasteiger partial charge on any atom is -0.371 e. The highest BCUT2D eigenvalue weighted by Crippen LogP contribution is 2.35. The molecule has 0 unspecified atom stereocenters. The van der Waals surface area contributed by atoms with Gasteiger partial charge < -0.3 is 9.80 Å². The van der Waals surface area contributed by atoms with Crippen molar-refractivity contribution in [2.24, 2.45) is 5.92 Å². The molecule has 1 aromatic heterocycles. The molecule has 2 aromatic rings. The van der Waals surface area contributed by atoms with Crippen molar-refractivity contribution in [3.63, 3.8) is 0 Å². The van der Waals surface area contributed by atoms with Crippen LogP contribution in [0.3, 0.4) is 0 Å². The first-order chi connectivity index (χ1) is 12.1. The maximum atomic E-state index is 13.0. The summed E-state index contributed by atoms with van der Waals surface area (Å²) in [6.45, 7) is 4.67. The summed E-state index contributed by atoms with van der Waals surface area (Å²) in [5, 5.41) is 0.774. The summed E-state index contributed by atoms with van der Waals surface area (Å²) >= 11 is 6.28. The molecule has 0 bridgehead atoms. The summed E-state index contributed by atoms with van der Waals surface area (Å²) in [7, 11) is 0. The molecule has 0 radical (unpaired) electrons. The number of nitrogens with zero attached hydrogens (tertiary/aromatic N) is 3. The van der Waals surface area contributed by atoms with E-state index in [2.05, 4.69) is 22.9 Å². The first kappa shape index (κ1) is 16.4. The molecule has 1 fully saturated rings. The number of amides is 1. The van der Waals surface area contributed by atoms with Gasteiger partial charge in [-0.05, 0) is 55.5 Å². The molecule has 130 valence electrons. The molecule has 4 nitrogen and oxygen atoms in total. The summed E-state index contributed by atoms with van der Waals surface area (Å²) in [6.07, 6.45) is 6.39. The summed E-state index contributed by atoms with van der Waals surface area (Å²) in [5.74, 6) is 0.357. The van der Waals surface area contributed by atoms with Crippen LogP contribution in [0.2, 0.25) is 5.02 Å². The van der Waals surface area contributed by atoms with Gasteiger partial charge in [0.15, 0.2) is 0 Å². The molecule has 0 saturated carbocycles. The van der Waals surface area contributed by atoms with Crippen molar-refractivity contribution in [1.82, 2.24) is 4.98 Å². The second kappa shape index (κ2) is 6.68. The molecule has 0 spiro atoms. The Hall–Kier alpha value is -2.07. The average Bonchev–Trinajstić information content (AvgIpc) is 3.07. The van der Waals surface area contributed by atoms with Crippen molar-refractivity contribution < 1.29 is 4.79 Å². The third-order valence-corrected chi connectivity index (χ3v) is 5.77. The Labute approximate surface area is 153 Å². The van der Waals surface area contributed by atoms with Gasteiger partial charge in [0.1, 0.15) is 0 Å². The lowest BCUT2D eigenvalue weighted by Gasteiger charge is -2.35. The fourth-order valence-electron chi connectivity index (χ4n) is 4.03. The second-order valence-electron chi connectivity index (χ2n) is 6.90. The van der Waals surface area contributed by atoms with Gasteiger partial charge in [0.25, 0.3) is 0 Å². The number of carbonyl (C=O) groups excluding carboxylic acids is 1. The van der Waals surface area contributed by atoms with Gasteiger partial charge in [-0.15, -0.1) is 0 Å². The smallest absolute Gasteiger partial charge is 0.230 e. The molecule has 5 heteroatoms. The van der Waals surface area contributed by atoms with Crippen molar-refractivity contribution in [1.29, 1.82) is 0 Å². The van der Waals surface area contributed by atoms with E-state index in [1.165, 1.54) is 11.3 Å². The Morgan fingerprint density at radius 1 is 1.16 bits per heavy atom. The number of hydrogen-bond donors (Lipinski definition) is 0. The Balaban J connectivity index is 1.45. The van der Waals surface area contributed by atoms with Crippen LogP contribution < -0.4 is 9.80 Å². The quantitative estimate of drug-likeness (QED) is 0.821. The minimum absolute atomic E-state index is 0.100. The van der Waals surface area contributed by atoms with E-state index in [1.54, 1.807) is 0 Å². The monoisotopic (exact) mass is 355 g/mol. The first-order valence-corrected chi connectivity index (χ1v) is 9.27. The molecular weight excluding hydrogens is 334 g/mol. The van der Waals surface area contributed by atoms with Crippen LogP contribution in [0, 0.1) is 12.8 Å². The van der Waals surface area contributed by atoms with Crippen LogP contribution in [0.1, 0.15) is 24.0 Å². The molecule has 0 atom stereocenters.